The molecule has 2 atom stereocenters. The molecular weight excluding hydrogens is 443 g/mol. The third-order valence-corrected chi connectivity index (χ3v) is 4.67. The van der Waals surface area contributed by atoms with E-state index < -0.39 is 24.4 Å². The second-order valence-corrected chi connectivity index (χ2v) is 7.25. The van der Waals surface area contributed by atoms with Gasteiger partial charge in [0, 0.05) is 31.1 Å². The molecule has 9 nitrogen and oxygen atoms in total. The number of ether oxygens (including phenoxy) is 2. The van der Waals surface area contributed by atoms with E-state index in [1.165, 1.54) is 23.2 Å². The van der Waals surface area contributed by atoms with Gasteiger partial charge in [0.15, 0.2) is 5.82 Å². The van der Waals surface area contributed by atoms with Crippen molar-refractivity contribution in [2.45, 2.75) is 25.4 Å². The van der Waals surface area contributed by atoms with Crippen LogP contribution in [0, 0.1) is 0 Å². The first-order valence-corrected chi connectivity index (χ1v) is 9.76. The number of alkyl halides is 3. The van der Waals surface area contributed by atoms with Crippen LogP contribution in [0.2, 0.25) is 0 Å². The molecule has 33 heavy (non-hydrogen) atoms. The molecule has 1 aliphatic rings. The third kappa shape index (κ3) is 6.49. The van der Waals surface area contributed by atoms with Gasteiger partial charge in [0.25, 0.3) is 5.91 Å². The van der Waals surface area contributed by atoms with Crippen LogP contribution in [0.3, 0.4) is 0 Å². The first-order valence-electron chi connectivity index (χ1n) is 9.76. The second kappa shape index (κ2) is 9.96. The normalized spacial score (nSPS) is 18.7. The van der Waals surface area contributed by atoms with E-state index in [0.29, 0.717) is 16.8 Å². The molecule has 0 radical (unpaired) electrons. The molecule has 1 aromatic heterocycles. The number of nitrogens with zero attached hydrogens (tertiary/aromatic N) is 4. The van der Waals surface area contributed by atoms with E-state index in [1.54, 1.807) is 20.2 Å². The molecular formula is C21H22F3N5O4. The van der Waals surface area contributed by atoms with E-state index in [4.69, 9.17) is 4.74 Å². The zero-order valence-electron chi connectivity index (χ0n) is 17.8. The third-order valence-electron chi connectivity index (χ3n) is 4.67. The molecule has 2 heterocycles. The highest BCUT2D eigenvalue weighted by Gasteiger charge is 2.31. The predicted molar refractivity (Wildman–Crippen MR) is 113 cm³/mol. The molecule has 0 unspecified atom stereocenters. The predicted octanol–water partition coefficient (Wildman–Crippen LogP) is 2.44. The molecule has 1 aliphatic heterocycles. The maximum absolute atomic E-state index is 12.8. The molecule has 0 spiro atoms. The van der Waals surface area contributed by atoms with Gasteiger partial charge in [-0.1, -0.05) is 0 Å². The quantitative estimate of drug-likeness (QED) is 0.478. The van der Waals surface area contributed by atoms with E-state index in [2.05, 4.69) is 31.8 Å². The Morgan fingerprint density at radius 3 is 2.61 bits per heavy atom. The Morgan fingerprint density at radius 1 is 1.33 bits per heavy atom. The number of hydrogen-bond donors (Lipinski definition) is 2. The van der Waals surface area contributed by atoms with Crippen molar-refractivity contribution < 1.29 is 32.5 Å². The van der Waals surface area contributed by atoms with Crippen molar-refractivity contribution in [3.63, 3.8) is 0 Å². The van der Waals surface area contributed by atoms with Crippen LogP contribution in [0.5, 0.6) is 5.75 Å². The number of hydrazone groups is 1. The van der Waals surface area contributed by atoms with Crippen molar-refractivity contribution in [2.75, 3.05) is 20.3 Å². The van der Waals surface area contributed by atoms with Gasteiger partial charge in [-0.05, 0) is 37.3 Å². The van der Waals surface area contributed by atoms with Crippen LogP contribution in [0.25, 0.3) is 16.8 Å². The van der Waals surface area contributed by atoms with Crippen molar-refractivity contribution in [3.8, 4) is 17.0 Å². The first kappa shape index (κ1) is 24.1. The summed E-state index contributed by atoms with van der Waals surface area (Å²) in [5, 5.41) is 17.7. The largest absolute Gasteiger partial charge is 0.573 e. The number of aromatic nitrogens is 2. The number of halogens is 3. The SMILES string of the molecule is C=NN(C)/C=C(\C)c1nc(C(=O)N[C@@H]2COC[C@@H]2O)cc(-c2ccc(OC(F)(F)F)cc2)n1. The summed E-state index contributed by atoms with van der Waals surface area (Å²) in [6, 6.07) is 5.89. The van der Waals surface area contributed by atoms with Crippen LogP contribution in [-0.2, 0) is 4.74 Å². The van der Waals surface area contributed by atoms with Crippen LogP contribution in [0.15, 0.2) is 41.6 Å². The number of benzene rings is 1. The van der Waals surface area contributed by atoms with Crippen LogP contribution in [0.1, 0.15) is 23.2 Å². The standard InChI is InChI=1S/C21H22F3N5O4/c1-12(9-29(3)25-2)19-26-15(13-4-6-14(7-5-13)33-21(22,23)24)8-16(27-19)20(31)28-17-10-32-11-18(17)30/h4-9,17-18,30H,2,10-11H2,1,3H3,(H,28,31)/b12-9+/t17-,18+/m1/s1. The van der Waals surface area contributed by atoms with Gasteiger partial charge in [-0.2, -0.15) is 5.10 Å². The van der Waals surface area contributed by atoms with Crippen LogP contribution >= 0.6 is 0 Å². The van der Waals surface area contributed by atoms with Crippen LogP contribution in [0.4, 0.5) is 13.2 Å². The number of aliphatic hydroxyl groups excluding tert-OH is 1. The molecule has 176 valence electrons. The molecule has 2 aromatic rings. The molecule has 1 aromatic carbocycles. The summed E-state index contributed by atoms with van der Waals surface area (Å²) in [7, 11) is 1.65. The highest BCUT2D eigenvalue weighted by molar-refractivity contribution is 5.94. The summed E-state index contributed by atoms with van der Waals surface area (Å²) in [5.74, 6) is -0.745. The fourth-order valence-corrected chi connectivity index (χ4v) is 3.02. The number of amides is 1. The van der Waals surface area contributed by atoms with Crippen molar-refractivity contribution in [1.82, 2.24) is 20.3 Å². The molecule has 1 fully saturated rings. The molecule has 3 rings (SSSR count). The van der Waals surface area contributed by atoms with Gasteiger partial charge < -0.3 is 19.9 Å². The molecule has 2 N–H and O–H groups in total. The fraction of sp³-hybridized carbons (Fsp3) is 0.333. The Labute approximate surface area is 187 Å². The Bertz CT molecular complexity index is 1040. The maximum Gasteiger partial charge on any atom is 0.573 e. The fourth-order valence-electron chi connectivity index (χ4n) is 3.02. The van der Waals surface area contributed by atoms with Gasteiger partial charge in [-0.3, -0.25) is 9.80 Å². The number of allylic oxidation sites excluding steroid dienone is 1. The first-order chi connectivity index (χ1) is 15.6. The summed E-state index contributed by atoms with van der Waals surface area (Å²) in [5.41, 5.74) is 1.30. The number of carbonyl (C=O) groups excluding carboxylic acids is 1. The van der Waals surface area contributed by atoms with Gasteiger partial charge in [0.1, 0.15) is 11.4 Å². The molecule has 1 saturated heterocycles. The number of aliphatic hydroxyl groups is 1. The lowest BCUT2D eigenvalue weighted by atomic mass is 10.1. The van der Waals surface area contributed by atoms with E-state index in [0.717, 1.165) is 12.1 Å². The number of carbonyl (C=O) groups is 1. The summed E-state index contributed by atoms with van der Waals surface area (Å²) < 4.78 is 46.4. The lowest BCUT2D eigenvalue weighted by Gasteiger charge is -2.15. The average Bonchev–Trinajstić information content (AvgIpc) is 3.16. The van der Waals surface area contributed by atoms with Gasteiger partial charge >= 0.3 is 6.36 Å². The zero-order valence-corrected chi connectivity index (χ0v) is 17.8. The lowest BCUT2D eigenvalue weighted by molar-refractivity contribution is -0.274. The molecule has 0 aliphatic carbocycles. The monoisotopic (exact) mass is 465 g/mol. The van der Waals surface area contributed by atoms with E-state index in [1.807, 2.05) is 0 Å². The minimum atomic E-state index is -4.81. The molecule has 12 heteroatoms. The number of hydrogen-bond acceptors (Lipinski definition) is 8. The molecule has 1 amide bonds. The highest BCUT2D eigenvalue weighted by atomic mass is 19.4. The Balaban J connectivity index is 1.97. The van der Waals surface area contributed by atoms with E-state index >= 15 is 0 Å². The van der Waals surface area contributed by atoms with Gasteiger partial charge in [0.05, 0.1) is 31.1 Å². The number of rotatable bonds is 7. The van der Waals surface area contributed by atoms with E-state index in [9.17, 15) is 23.1 Å². The van der Waals surface area contributed by atoms with Crippen molar-refractivity contribution in [2.24, 2.45) is 5.10 Å². The van der Waals surface area contributed by atoms with Crippen LogP contribution < -0.4 is 10.1 Å². The van der Waals surface area contributed by atoms with Gasteiger partial charge in [0.2, 0.25) is 0 Å². The van der Waals surface area contributed by atoms with Crippen molar-refractivity contribution in [3.05, 3.63) is 48.1 Å². The average molecular weight is 465 g/mol. The molecule has 0 bridgehead atoms. The zero-order chi connectivity index (χ0) is 24.2. The molecule has 0 saturated carbocycles. The van der Waals surface area contributed by atoms with Crippen molar-refractivity contribution >= 4 is 18.2 Å². The van der Waals surface area contributed by atoms with Gasteiger partial charge in [-0.15, -0.1) is 13.2 Å². The summed E-state index contributed by atoms with van der Waals surface area (Å²) in [6.07, 6.45) is -4.05. The van der Waals surface area contributed by atoms with E-state index in [-0.39, 0.29) is 30.5 Å². The van der Waals surface area contributed by atoms with Crippen LogP contribution in [-0.4, -0.2) is 71.5 Å². The smallest absolute Gasteiger partial charge is 0.406 e. The summed E-state index contributed by atoms with van der Waals surface area (Å²) in [4.78, 5) is 21.6. The second-order valence-electron chi connectivity index (χ2n) is 7.25. The summed E-state index contributed by atoms with van der Waals surface area (Å²) >= 11 is 0. The minimum absolute atomic E-state index is 0.00619. The topological polar surface area (TPSA) is 109 Å². The maximum atomic E-state index is 12.8. The Hall–Kier alpha value is -3.51. The Morgan fingerprint density at radius 2 is 2.03 bits per heavy atom. The van der Waals surface area contributed by atoms with Crippen molar-refractivity contribution in [1.29, 1.82) is 0 Å². The van der Waals surface area contributed by atoms with Gasteiger partial charge in [-0.25, -0.2) is 9.97 Å². The minimum Gasteiger partial charge on any atom is -0.406 e. The Kier molecular flexibility index (Phi) is 7.29. The number of nitrogens with one attached hydrogen (secondary N) is 1. The lowest BCUT2D eigenvalue weighted by Crippen LogP contribution is -2.42. The highest BCUT2D eigenvalue weighted by Crippen LogP contribution is 2.27. The summed E-state index contributed by atoms with van der Waals surface area (Å²) in [6.45, 7) is 5.39.